The van der Waals surface area contributed by atoms with Crippen molar-refractivity contribution in [3.8, 4) is 0 Å². The lowest BCUT2D eigenvalue weighted by Gasteiger charge is -2.10. The third-order valence-corrected chi connectivity index (χ3v) is 4.42. The maximum Gasteiger partial charge on any atom is 0.335 e. The van der Waals surface area contributed by atoms with Gasteiger partial charge in [-0.2, -0.15) is 0 Å². The number of rotatable bonds is 7. The molecule has 2 N–H and O–H groups in total. The highest BCUT2D eigenvalue weighted by atomic mass is 32.2. The molecule has 1 aromatic carbocycles. The van der Waals surface area contributed by atoms with Crippen LogP contribution in [0.5, 0.6) is 0 Å². The minimum Gasteiger partial charge on any atom is -0.478 e. The fourth-order valence-corrected chi connectivity index (χ4v) is 2.91. The Kier molecular flexibility index (Phi) is 6.52. The molecule has 6 nitrogen and oxygen atoms in total. The van der Waals surface area contributed by atoms with Crippen LogP contribution in [-0.2, 0) is 17.8 Å². The van der Waals surface area contributed by atoms with Crippen molar-refractivity contribution in [1.82, 2.24) is 15.3 Å². The fourth-order valence-electron chi connectivity index (χ4n) is 2.45. The summed E-state index contributed by atoms with van der Waals surface area (Å²) < 4.78 is 0. The fraction of sp³-hybridized carbons (Fsp3) is 0.333. The van der Waals surface area contributed by atoms with Crippen molar-refractivity contribution in [3.63, 3.8) is 0 Å². The highest BCUT2D eigenvalue weighted by Gasteiger charge is 2.10. The number of aromatic carboxylic acids is 1. The van der Waals surface area contributed by atoms with Crippen LogP contribution >= 0.6 is 11.8 Å². The molecule has 2 rings (SSSR count). The second-order valence-corrected chi connectivity index (χ2v) is 6.41. The molecule has 0 aliphatic heterocycles. The molecular weight excluding hydrogens is 338 g/mol. The van der Waals surface area contributed by atoms with E-state index in [0.29, 0.717) is 19.4 Å². The first-order valence-corrected chi connectivity index (χ1v) is 9.10. The van der Waals surface area contributed by atoms with Crippen molar-refractivity contribution in [1.29, 1.82) is 0 Å². The molecule has 0 atom stereocenters. The second kappa shape index (κ2) is 8.62. The normalized spacial score (nSPS) is 10.5. The summed E-state index contributed by atoms with van der Waals surface area (Å²) in [6.07, 6.45) is 2.89. The summed E-state index contributed by atoms with van der Waals surface area (Å²) in [6.45, 7) is 4.25. The van der Waals surface area contributed by atoms with E-state index in [1.165, 1.54) is 23.9 Å². The smallest absolute Gasteiger partial charge is 0.335 e. The molecule has 1 aromatic heterocycles. The first kappa shape index (κ1) is 18.9. The lowest BCUT2D eigenvalue weighted by atomic mass is 10.1. The van der Waals surface area contributed by atoms with Crippen molar-refractivity contribution in [2.75, 3.05) is 6.26 Å². The van der Waals surface area contributed by atoms with Gasteiger partial charge in [-0.05, 0) is 49.8 Å². The molecule has 0 fully saturated rings. The maximum absolute atomic E-state index is 12.1. The van der Waals surface area contributed by atoms with Crippen molar-refractivity contribution in [3.05, 3.63) is 52.3 Å². The van der Waals surface area contributed by atoms with Crippen LogP contribution in [0.2, 0.25) is 0 Å². The van der Waals surface area contributed by atoms with Gasteiger partial charge in [-0.25, -0.2) is 14.8 Å². The van der Waals surface area contributed by atoms with Crippen molar-refractivity contribution in [2.45, 2.75) is 38.4 Å². The molecule has 0 aliphatic rings. The predicted octanol–water partition coefficient (Wildman–Crippen LogP) is 2.76. The van der Waals surface area contributed by atoms with E-state index in [9.17, 15) is 9.59 Å². The third-order valence-electron chi connectivity index (χ3n) is 3.88. The van der Waals surface area contributed by atoms with Gasteiger partial charge in [-0.1, -0.05) is 23.9 Å². The van der Waals surface area contributed by atoms with Gasteiger partial charge >= 0.3 is 5.97 Å². The molecule has 0 radical (unpaired) electrons. The Morgan fingerprint density at radius 2 is 1.72 bits per heavy atom. The molecule has 1 heterocycles. The Morgan fingerprint density at radius 3 is 2.24 bits per heavy atom. The monoisotopic (exact) mass is 359 g/mol. The molecule has 0 aliphatic carbocycles. The van der Waals surface area contributed by atoms with Gasteiger partial charge in [0.25, 0.3) is 0 Å². The van der Waals surface area contributed by atoms with Crippen LogP contribution in [0.1, 0.15) is 39.3 Å². The first-order chi connectivity index (χ1) is 11.9. The topological polar surface area (TPSA) is 92.2 Å². The van der Waals surface area contributed by atoms with Gasteiger partial charge in [-0.3, -0.25) is 4.79 Å². The lowest BCUT2D eigenvalue weighted by Crippen LogP contribution is -2.23. The summed E-state index contributed by atoms with van der Waals surface area (Å²) in [5.41, 5.74) is 3.93. The standard InChI is InChI=1S/C18H21N3O3S/c1-11-15(12(2)21-18(20-11)25-3)8-9-16(22)19-10-13-4-6-14(7-5-13)17(23)24/h4-7H,8-10H2,1-3H3,(H,19,22)(H,23,24). The Morgan fingerprint density at radius 1 is 1.12 bits per heavy atom. The minimum absolute atomic E-state index is 0.0601. The number of carboxylic acid groups (broad SMARTS) is 1. The number of carbonyl (C=O) groups is 2. The molecule has 0 saturated carbocycles. The third kappa shape index (κ3) is 5.29. The molecule has 0 saturated heterocycles. The summed E-state index contributed by atoms with van der Waals surface area (Å²) in [4.78, 5) is 31.7. The SMILES string of the molecule is CSc1nc(C)c(CCC(=O)NCc2ccc(C(=O)O)cc2)c(C)n1. The lowest BCUT2D eigenvalue weighted by molar-refractivity contribution is -0.121. The van der Waals surface area contributed by atoms with Gasteiger partial charge in [0.1, 0.15) is 0 Å². The molecule has 1 amide bonds. The number of nitrogens with zero attached hydrogens (tertiary/aromatic N) is 2. The molecule has 2 aromatic rings. The van der Waals surface area contributed by atoms with Gasteiger partial charge in [0, 0.05) is 24.4 Å². The zero-order chi connectivity index (χ0) is 18.4. The number of benzene rings is 1. The minimum atomic E-state index is -0.962. The summed E-state index contributed by atoms with van der Waals surface area (Å²) in [7, 11) is 0. The van der Waals surface area contributed by atoms with Crippen molar-refractivity contribution >= 4 is 23.6 Å². The number of aromatic nitrogens is 2. The number of amides is 1. The quantitative estimate of drug-likeness (QED) is 0.583. The van der Waals surface area contributed by atoms with Crippen LogP contribution in [0.15, 0.2) is 29.4 Å². The highest BCUT2D eigenvalue weighted by molar-refractivity contribution is 7.98. The number of aryl methyl sites for hydroxylation is 2. The molecular formula is C18H21N3O3S. The van der Waals surface area contributed by atoms with Crippen LogP contribution in [0.25, 0.3) is 0 Å². The molecule has 0 unspecified atom stereocenters. The van der Waals surface area contributed by atoms with E-state index in [4.69, 9.17) is 5.11 Å². The van der Waals surface area contributed by atoms with Crippen molar-refractivity contribution < 1.29 is 14.7 Å². The van der Waals surface area contributed by atoms with Gasteiger partial charge in [-0.15, -0.1) is 0 Å². The van der Waals surface area contributed by atoms with Gasteiger partial charge in [0.2, 0.25) is 5.91 Å². The Hall–Kier alpha value is -2.41. The van der Waals surface area contributed by atoms with E-state index in [0.717, 1.165) is 27.7 Å². The van der Waals surface area contributed by atoms with Crippen molar-refractivity contribution in [2.24, 2.45) is 0 Å². The van der Waals surface area contributed by atoms with Crippen LogP contribution in [0, 0.1) is 13.8 Å². The number of hydrogen-bond donors (Lipinski definition) is 2. The Bertz CT molecular complexity index is 753. The zero-order valence-corrected chi connectivity index (χ0v) is 15.3. The number of nitrogens with one attached hydrogen (secondary N) is 1. The van der Waals surface area contributed by atoms with E-state index in [-0.39, 0.29) is 11.5 Å². The predicted molar refractivity (Wildman–Crippen MR) is 96.9 cm³/mol. The average molecular weight is 359 g/mol. The summed E-state index contributed by atoms with van der Waals surface area (Å²) in [5.74, 6) is -1.02. The van der Waals surface area contributed by atoms with Gasteiger partial charge in [0.15, 0.2) is 5.16 Å². The van der Waals surface area contributed by atoms with E-state index < -0.39 is 5.97 Å². The molecule has 25 heavy (non-hydrogen) atoms. The summed E-state index contributed by atoms with van der Waals surface area (Å²) in [6, 6.07) is 6.46. The molecule has 7 heteroatoms. The first-order valence-electron chi connectivity index (χ1n) is 7.87. The number of carbonyl (C=O) groups excluding carboxylic acids is 1. The number of carboxylic acids is 1. The van der Waals surface area contributed by atoms with E-state index in [1.54, 1.807) is 12.1 Å². The van der Waals surface area contributed by atoms with E-state index in [2.05, 4.69) is 15.3 Å². The van der Waals surface area contributed by atoms with E-state index >= 15 is 0 Å². The Balaban J connectivity index is 1.88. The number of thioether (sulfide) groups is 1. The molecule has 0 bridgehead atoms. The summed E-state index contributed by atoms with van der Waals surface area (Å²) >= 11 is 1.50. The highest BCUT2D eigenvalue weighted by Crippen LogP contribution is 2.17. The molecule has 0 spiro atoms. The average Bonchev–Trinajstić information content (AvgIpc) is 2.59. The second-order valence-electron chi connectivity index (χ2n) is 5.64. The summed E-state index contributed by atoms with van der Waals surface area (Å²) in [5, 5.41) is 12.5. The largest absolute Gasteiger partial charge is 0.478 e. The zero-order valence-electron chi connectivity index (χ0n) is 14.5. The van der Waals surface area contributed by atoms with Crippen LogP contribution in [0.4, 0.5) is 0 Å². The van der Waals surface area contributed by atoms with Crippen LogP contribution in [-0.4, -0.2) is 33.2 Å². The maximum atomic E-state index is 12.1. The number of hydrogen-bond acceptors (Lipinski definition) is 5. The van der Waals surface area contributed by atoms with Crippen LogP contribution < -0.4 is 5.32 Å². The molecule has 132 valence electrons. The van der Waals surface area contributed by atoms with Gasteiger partial charge < -0.3 is 10.4 Å². The van der Waals surface area contributed by atoms with E-state index in [1.807, 2.05) is 20.1 Å². The Labute approximate surface area is 151 Å². The van der Waals surface area contributed by atoms with Gasteiger partial charge in [0.05, 0.1) is 5.56 Å². The van der Waals surface area contributed by atoms with Crippen LogP contribution in [0.3, 0.4) is 0 Å².